The van der Waals surface area contributed by atoms with Crippen LogP contribution in [0, 0.1) is 11.6 Å². The highest BCUT2D eigenvalue weighted by Crippen LogP contribution is 2.26. The summed E-state index contributed by atoms with van der Waals surface area (Å²) >= 11 is 0.954. The van der Waals surface area contributed by atoms with Crippen LogP contribution in [0.15, 0.2) is 23.6 Å². The molecule has 0 saturated heterocycles. The predicted octanol–water partition coefficient (Wildman–Crippen LogP) is 1.80. The van der Waals surface area contributed by atoms with Gasteiger partial charge in [-0.1, -0.05) is 4.49 Å². The van der Waals surface area contributed by atoms with E-state index in [0.29, 0.717) is 0 Å². The van der Waals surface area contributed by atoms with E-state index < -0.39 is 29.6 Å². The van der Waals surface area contributed by atoms with Crippen LogP contribution < -0.4 is 0 Å². The summed E-state index contributed by atoms with van der Waals surface area (Å²) in [6.07, 6.45) is 0. The average molecular weight is 327 g/mol. The number of aromatic nitrogens is 2. The van der Waals surface area contributed by atoms with Gasteiger partial charge in [-0.3, -0.25) is 4.79 Å². The van der Waals surface area contributed by atoms with Crippen LogP contribution in [0.5, 0.6) is 0 Å². The predicted molar refractivity (Wildman–Crippen MR) is 73.1 cm³/mol. The van der Waals surface area contributed by atoms with E-state index in [4.69, 9.17) is 0 Å². The lowest BCUT2D eigenvalue weighted by Gasteiger charge is -2.26. The fraction of sp³-hybridized carbons (Fsp3) is 0.231. The number of benzene rings is 1. The quantitative estimate of drug-likeness (QED) is 0.801. The molecule has 0 radical (unpaired) electrons. The number of methoxy groups -OCH3 is 1. The highest BCUT2D eigenvalue weighted by atomic mass is 32.1. The number of carbonyl (C=O) groups excluding carboxylic acids is 2. The first kappa shape index (κ1) is 16.0. The second-order valence-electron chi connectivity index (χ2n) is 4.30. The van der Waals surface area contributed by atoms with E-state index in [2.05, 4.69) is 14.3 Å². The fourth-order valence-electron chi connectivity index (χ4n) is 1.89. The zero-order valence-electron chi connectivity index (χ0n) is 11.6. The SMILES string of the molecule is COC(=O)C(c1cc(F)ccc1F)N(C)C(=O)c1csnn1. The molecule has 1 aromatic heterocycles. The van der Waals surface area contributed by atoms with Gasteiger partial charge in [0.1, 0.15) is 11.6 Å². The van der Waals surface area contributed by atoms with Crippen LogP contribution in [-0.2, 0) is 9.53 Å². The molecular formula is C13H11F2N3O3S. The third-order valence-corrected chi connectivity index (χ3v) is 3.47. The summed E-state index contributed by atoms with van der Waals surface area (Å²) in [5.41, 5.74) is -0.302. The lowest BCUT2D eigenvalue weighted by Crippen LogP contribution is -2.37. The number of nitrogens with zero attached hydrogens (tertiary/aromatic N) is 3. The van der Waals surface area contributed by atoms with Crippen molar-refractivity contribution in [3.05, 3.63) is 46.5 Å². The van der Waals surface area contributed by atoms with E-state index in [1.165, 1.54) is 12.4 Å². The van der Waals surface area contributed by atoms with Crippen molar-refractivity contribution in [3.8, 4) is 0 Å². The van der Waals surface area contributed by atoms with Gasteiger partial charge in [-0.2, -0.15) is 0 Å². The molecule has 22 heavy (non-hydrogen) atoms. The van der Waals surface area contributed by atoms with Crippen molar-refractivity contribution in [2.45, 2.75) is 6.04 Å². The molecule has 1 atom stereocenters. The minimum atomic E-state index is -1.44. The van der Waals surface area contributed by atoms with Gasteiger partial charge in [0.15, 0.2) is 11.7 Å². The summed E-state index contributed by atoms with van der Waals surface area (Å²) in [5.74, 6) is -3.12. The van der Waals surface area contributed by atoms with Gasteiger partial charge < -0.3 is 9.64 Å². The number of rotatable bonds is 4. The van der Waals surface area contributed by atoms with Gasteiger partial charge in [-0.15, -0.1) is 5.10 Å². The van der Waals surface area contributed by atoms with E-state index in [1.807, 2.05) is 0 Å². The van der Waals surface area contributed by atoms with Gasteiger partial charge in [0, 0.05) is 18.0 Å². The van der Waals surface area contributed by atoms with Crippen molar-refractivity contribution in [2.75, 3.05) is 14.2 Å². The number of amides is 1. The molecule has 0 bridgehead atoms. The molecule has 1 aromatic carbocycles. The smallest absolute Gasteiger partial charge is 0.333 e. The topological polar surface area (TPSA) is 72.4 Å². The standard InChI is InChI=1S/C13H11F2N3O3S/c1-18(12(19)10-6-22-17-16-10)11(13(20)21-2)8-5-7(14)3-4-9(8)15/h3-6,11H,1-2H3. The Bertz CT molecular complexity index is 694. The number of ether oxygens (including phenoxy) is 1. The van der Waals surface area contributed by atoms with Crippen LogP contribution in [0.25, 0.3) is 0 Å². The fourth-order valence-corrected chi connectivity index (χ4v) is 2.32. The summed E-state index contributed by atoms with van der Waals surface area (Å²) in [6, 6.07) is 1.21. The van der Waals surface area contributed by atoms with Crippen molar-refractivity contribution >= 4 is 23.4 Å². The molecule has 1 heterocycles. The Kier molecular flexibility index (Phi) is 4.76. The Labute approximate surface area is 128 Å². The van der Waals surface area contributed by atoms with Crippen LogP contribution in [0.3, 0.4) is 0 Å². The van der Waals surface area contributed by atoms with Crippen molar-refractivity contribution in [2.24, 2.45) is 0 Å². The summed E-state index contributed by atoms with van der Waals surface area (Å²) < 4.78 is 35.5. The number of hydrogen-bond acceptors (Lipinski definition) is 6. The van der Waals surface area contributed by atoms with Gasteiger partial charge >= 0.3 is 5.97 Å². The lowest BCUT2D eigenvalue weighted by molar-refractivity contribution is -0.146. The molecule has 0 aliphatic heterocycles. The zero-order valence-corrected chi connectivity index (χ0v) is 12.4. The molecule has 0 fully saturated rings. The van der Waals surface area contributed by atoms with Gasteiger partial charge in [0.25, 0.3) is 5.91 Å². The van der Waals surface area contributed by atoms with E-state index in [9.17, 15) is 18.4 Å². The van der Waals surface area contributed by atoms with Crippen LogP contribution in [-0.4, -0.2) is 40.5 Å². The first-order valence-electron chi connectivity index (χ1n) is 6.02. The summed E-state index contributed by atoms with van der Waals surface area (Å²) in [5, 5.41) is 4.98. The van der Waals surface area contributed by atoms with Crippen molar-refractivity contribution in [3.63, 3.8) is 0 Å². The van der Waals surface area contributed by atoms with Crippen molar-refractivity contribution in [1.82, 2.24) is 14.5 Å². The van der Waals surface area contributed by atoms with Gasteiger partial charge in [-0.25, -0.2) is 13.6 Å². The molecule has 0 N–H and O–H groups in total. The van der Waals surface area contributed by atoms with E-state index in [0.717, 1.165) is 41.7 Å². The zero-order chi connectivity index (χ0) is 16.3. The first-order chi connectivity index (χ1) is 10.5. The number of esters is 1. The third-order valence-electron chi connectivity index (χ3n) is 2.96. The molecule has 9 heteroatoms. The number of carbonyl (C=O) groups is 2. The second-order valence-corrected chi connectivity index (χ2v) is 4.91. The molecule has 0 aliphatic carbocycles. The largest absolute Gasteiger partial charge is 0.467 e. The Morgan fingerprint density at radius 3 is 2.68 bits per heavy atom. The number of likely N-dealkylation sites (N-methyl/N-ethyl adjacent to an activating group) is 1. The molecule has 1 amide bonds. The molecule has 0 aliphatic rings. The molecule has 1 unspecified atom stereocenters. The minimum Gasteiger partial charge on any atom is -0.467 e. The summed E-state index contributed by atoms with van der Waals surface area (Å²) in [6.45, 7) is 0. The Balaban J connectivity index is 2.44. The summed E-state index contributed by atoms with van der Waals surface area (Å²) in [7, 11) is 2.36. The highest BCUT2D eigenvalue weighted by molar-refractivity contribution is 7.03. The molecular weight excluding hydrogens is 316 g/mol. The normalized spacial score (nSPS) is 11.8. The monoisotopic (exact) mass is 327 g/mol. The molecule has 2 aromatic rings. The first-order valence-corrected chi connectivity index (χ1v) is 6.86. The van der Waals surface area contributed by atoms with Crippen LogP contribution in [0.4, 0.5) is 8.78 Å². The second kappa shape index (κ2) is 6.56. The molecule has 2 rings (SSSR count). The van der Waals surface area contributed by atoms with Crippen molar-refractivity contribution < 1.29 is 23.1 Å². The maximum Gasteiger partial charge on any atom is 0.333 e. The highest BCUT2D eigenvalue weighted by Gasteiger charge is 2.33. The van der Waals surface area contributed by atoms with E-state index in [1.54, 1.807) is 0 Å². The minimum absolute atomic E-state index is 0.00165. The van der Waals surface area contributed by atoms with Gasteiger partial charge in [0.2, 0.25) is 0 Å². The van der Waals surface area contributed by atoms with Crippen LogP contribution >= 0.6 is 11.5 Å². The molecule has 116 valence electrons. The Morgan fingerprint density at radius 2 is 2.09 bits per heavy atom. The van der Waals surface area contributed by atoms with Crippen LogP contribution in [0.1, 0.15) is 22.1 Å². The Morgan fingerprint density at radius 1 is 1.36 bits per heavy atom. The lowest BCUT2D eigenvalue weighted by atomic mass is 10.0. The maximum absolute atomic E-state index is 13.9. The molecule has 6 nitrogen and oxygen atoms in total. The van der Waals surface area contributed by atoms with Gasteiger partial charge in [-0.05, 0) is 29.7 Å². The van der Waals surface area contributed by atoms with E-state index >= 15 is 0 Å². The van der Waals surface area contributed by atoms with Gasteiger partial charge in [0.05, 0.1) is 7.11 Å². The third kappa shape index (κ3) is 3.08. The number of hydrogen-bond donors (Lipinski definition) is 0. The molecule has 0 spiro atoms. The average Bonchev–Trinajstić information content (AvgIpc) is 3.04. The maximum atomic E-state index is 13.9. The van der Waals surface area contributed by atoms with Crippen LogP contribution in [0.2, 0.25) is 0 Å². The molecule has 0 saturated carbocycles. The Hall–Kier alpha value is -2.42. The van der Waals surface area contributed by atoms with Crippen molar-refractivity contribution in [1.29, 1.82) is 0 Å². The number of halogens is 2. The summed E-state index contributed by atoms with van der Waals surface area (Å²) in [4.78, 5) is 25.1. The van der Waals surface area contributed by atoms with E-state index in [-0.39, 0.29) is 11.3 Å².